The van der Waals surface area contributed by atoms with E-state index >= 15 is 0 Å². The Hall–Kier alpha value is -1.32. The van der Waals surface area contributed by atoms with Crippen molar-refractivity contribution >= 4 is 11.9 Å². The molecule has 18 heavy (non-hydrogen) atoms. The highest BCUT2D eigenvalue weighted by atomic mass is 16.5. The number of nitrogens with one attached hydrogen (secondary N) is 1. The molecule has 4 heteroatoms. The minimum absolute atomic E-state index is 0.0169. The number of amides is 1. The van der Waals surface area contributed by atoms with Gasteiger partial charge in [0.15, 0.2) is 0 Å². The summed E-state index contributed by atoms with van der Waals surface area (Å²) in [5.41, 5.74) is 0.535. The van der Waals surface area contributed by atoms with E-state index in [9.17, 15) is 9.59 Å². The van der Waals surface area contributed by atoms with Gasteiger partial charge in [0.2, 0.25) is 5.91 Å². The molecular formula is C14H23NO3. The lowest BCUT2D eigenvalue weighted by Gasteiger charge is -2.19. The van der Waals surface area contributed by atoms with Gasteiger partial charge in [0.25, 0.3) is 0 Å². The molecule has 0 aromatic heterocycles. The molecule has 0 bridgehead atoms. The van der Waals surface area contributed by atoms with Crippen LogP contribution in [0.3, 0.4) is 0 Å². The van der Waals surface area contributed by atoms with Gasteiger partial charge in [-0.3, -0.25) is 9.59 Å². The maximum Gasteiger partial charge on any atom is 0.313 e. The van der Waals surface area contributed by atoms with E-state index in [0.717, 1.165) is 18.4 Å². The maximum atomic E-state index is 11.7. The van der Waals surface area contributed by atoms with Crippen molar-refractivity contribution in [3.63, 3.8) is 0 Å². The molecule has 0 heterocycles. The fourth-order valence-corrected chi connectivity index (χ4v) is 1.54. The molecule has 0 aliphatic heterocycles. The molecule has 0 saturated heterocycles. The number of methoxy groups -OCH3 is 1. The Bertz CT molecular complexity index is 373. The fourth-order valence-electron chi connectivity index (χ4n) is 1.54. The van der Waals surface area contributed by atoms with Crippen LogP contribution in [0.2, 0.25) is 0 Å². The van der Waals surface area contributed by atoms with Gasteiger partial charge in [0, 0.05) is 12.6 Å². The quantitative estimate of drug-likeness (QED) is 0.616. The molecule has 0 aromatic rings. The van der Waals surface area contributed by atoms with Gasteiger partial charge in [-0.05, 0) is 25.2 Å². The average Bonchev–Trinajstić information content (AvgIpc) is 3.05. The summed E-state index contributed by atoms with van der Waals surface area (Å²) in [5, 5.41) is 2.79. The zero-order valence-corrected chi connectivity index (χ0v) is 11.9. The van der Waals surface area contributed by atoms with Gasteiger partial charge in [-0.15, -0.1) is 0 Å². The second-order valence-corrected chi connectivity index (χ2v) is 6.07. The lowest BCUT2D eigenvalue weighted by molar-refractivity contribution is -0.146. The number of rotatable bonds is 4. The molecule has 0 spiro atoms. The van der Waals surface area contributed by atoms with Gasteiger partial charge in [0.05, 0.1) is 12.5 Å². The molecule has 1 aliphatic rings. The fraction of sp³-hybridized carbons (Fsp3) is 0.714. The summed E-state index contributed by atoms with van der Waals surface area (Å²) in [6.45, 7) is 8.48. The zero-order valence-electron chi connectivity index (χ0n) is 11.9. The minimum Gasteiger partial charge on any atom is -0.469 e. The molecule has 1 saturated carbocycles. The van der Waals surface area contributed by atoms with Crippen LogP contribution in [0, 0.1) is 10.8 Å². The lowest BCUT2D eigenvalue weighted by Crippen LogP contribution is -2.34. The minimum atomic E-state index is -0.464. The summed E-state index contributed by atoms with van der Waals surface area (Å²) in [7, 11) is 1.38. The Morgan fingerprint density at radius 3 is 2.28 bits per heavy atom. The lowest BCUT2D eigenvalue weighted by atomic mass is 9.87. The first-order valence-corrected chi connectivity index (χ1v) is 6.26. The van der Waals surface area contributed by atoms with E-state index < -0.39 is 5.41 Å². The van der Waals surface area contributed by atoms with Crippen molar-refractivity contribution in [2.75, 3.05) is 13.7 Å². The molecule has 102 valence electrons. The van der Waals surface area contributed by atoms with E-state index in [4.69, 9.17) is 4.74 Å². The zero-order chi connectivity index (χ0) is 14.0. The van der Waals surface area contributed by atoms with E-state index in [2.05, 4.69) is 26.1 Å². The molecule has 1 rings (SSSR count). The van der Waals surface area contributed by atoms with Gasteiger partial charge in [-0.2, -0.15) is 0 Å². The first kappa shape index (κ1) is 14.7. The molecule has 0 radical (unpaired) electrons. The second-order valence-electron chi connectivity index (χ2n) is 6.07. The maximum absolute atomic E-state index is 11.7. The van der Waals surface area contributed by atoms with E-state index in [1.165, 1.54) is 7.11 Å². The SMILES string of the molecule is COC(=O)C1(CNC(=O)C=C(C)C(C)(C)C)CC1. The van der Waals surface area contributed by atoms with E-state index in [1.807, 2.05) is 6.92 Å². The Kier molecular flexibility index (Phi) is 4.20. The Morgan fingerprint density at radius 2 is 1.89 bits per heavy atom. The molecule has 1 N–H and O–H groups in total. The summed E-state index contributed by atoms with van der Waals surface area (Å²) < 4.78 is 4.74. The monoisotopic (exact) mass is 253 g/mol. The summed E-state index contributed by atoms with van der Waals surface area (Å²) in [5.74, 6) is -0.364. The standard InChI is InChI=1S/C14H23NO3/c1-10(13(2,3)4)8-11(16)15-9-14(6-7-14)12(17)18-5/h8H,6-7,9H2,1-5H3,(H,15,16). The van der Waals surface area contributed by atoms with Crippen molar-refractivity contribution in [3.8, 4) is 0 Å². The van der Waals surface area contributed by atoms with Crippen LogP contribution in [0.25, 0.3) is 0 Å². The van der Waals surface area contributed by atoms with Crippen LogP contribution in [0.5, 0.6) is 0 Å². The van der Waals surface area contributed by atoms with Crippen molar-refractivity contribution in [1.82, 2.24) is 5.32 Å². The first-order chi connectivity index (χ1) is 8.21. The molecule has 1 amide bonds. The summed E-state index contributed by atoms with van der Waals surface area (Å²) in [6.07, 6.45) is 3.19. The third-order valence-electron chi connectivity index (χ3n) is 3.60. The Labute approximate surface area is 109 Å². The molecule has 0 aromatic carbocycles. The number of esters is 1. The van der Waals surface area contributed by atoms with Gasteiger partial charge >= 0.3 is 5.97 Å². The molecule has 4 nitrogen and oxygen atoms in total. The third kappa shape index (κ3) is 3.59. The molecule has 0 atom stereocenters. The van der Waals surface area contributed by atoms with E-state index in [1.54, 1.807) is 6.08 Å². The Balaban J connectivity index is 2.51. The molecule has 0 unspecified atom stereocenters. The first-order valence-electron chi connectivity index (χ1n) is 6.26. The van der Waals surface area contributed by atoms with Crippen molar-refractivity contribution in [1.29, 1.82) is 0 Å². The van der Waals surface area contributed by atoms with Crippen LogP contribution in [0.1, 0.15) is 40.5 Å². The van der Waals surface area contributed by atoms with Crippen molar-refractivity contribution < 1.29 is 14.3 Å². The predicted molar refractivity (Wildman–Crippen MR) is 69.9 cm³/mol. The number of carbonyl (C=O) groups is 2. The summed E-state index contributed by atoms with van der Waals surface area (Å²) >= 11 is 0. The van der Waals surface area contributed by atoms with Gasteiger partial charge < -0.3 is 10.1 Å². The third-order valence-corrected chi connectivity index (χ3v) is 3.60. The molecular weight excluding hydrogens is 230 g/mol. The van der Waals surface area contributed by atoms with Crippen LogP contribution in [0.15, 0.2) is 11.6 Å². The van der Waals surface area contributed by atoms with Crippen LogP contribution in [-0.4, -0.2) is 25.5 Å². The molecule has 1 aliphatic carbocycles. The number of hydrogen-bond acceptors (Lipinski definition) is 3. The Morgan fingerprint density at radius 1 is 1.33 bits per heavy atom. The number of hydrogen-bond donors (Lipinski definition) is 1. The number of carbonyl (C=O) groups excluding carboxylic acids is 2. The highest BCUT2D eigenvalue weighted by Gasteiger charge is 2.51. The molecule has 1 fully saturated rings. The van der Waals surface area contributed by atoms with Crippen LogP contribution in [-0.2, 0) is 14.3 Å². The van der Waals surface area contributed by atoms with E-state index in [-0.39, 0.29) is 17.3 Å². The summed E-state index contributed by atoms with van der Waals surface area (Å²) in [4.78, 5) is 23.2. The topological polar surface area (TPSA) is 55.4 Å². The van der Waals surface area contributed by atoms with Crippen LogP contribution >= 0.6 is 0 Å². The predicted octanol–water partition coefficient (Wildman–Crippen LogP) is 2.05. The van der Waals surface area contributed by atoms with Crippen LogP contribution in [0.4, 0.5) is 0 Å². The van der Waals surface area contributed by atoms with Gasteiger partial charge in [-0.25, -0.2) is 0 Å². The van der Waals surface area contributed by atoms with Gasteiger partial charge in [-0.1, -0.05) is 26.3 Å². The largest absolute Gasteiger partial charge is 0.469 e. The van der Waals surface area contributed by atoms with Crippen molar-refractivity contribution in [2.24, 2.45) is 10.8 Å². The smallest absolute Gasteiger partial charge is 0.313 e. The van der Waals surface area contributed by atoms with E-state index in [0.29, 0.717) is 6.54 Å². The second kappa shape index (κ2) is 5.12. The summed E-state index contributed by atoms with van der Waals surface area (Å²) in [6, 6.07) is 0. The number of ether oxygens (including phenoxy) is 1. The van der Waals surface area contributed by atoms with Gasteiger partial charge in [0.1, 0.15) is 0 Å². The normalized spacial score (nSPS) is 18.2. The average molecular weight is 253 g/mol. The number of allylic oxidation sites excluding steroid dienone is 1. The van der Waals surface area contributed by atoms with Crippen molar-refractivity contribution in [3.05, 3.63) is 11.6 Å². The van der Waals surface area contributed by atoms with Crippen LogP contribution < -0.4 is 5.32 Å². The van der Waals surface area contributed by atoms with Crippen molar-refractivity contribution in [2.45, 2.75) is 40.5 Å². The highest BCUT2D eigenvalue weighted by molar-refractivity contribution is 5.89. The highest BCUT2D eigenvalue weighted by Crippen LogP contribution is 2.46.